The molecular weight excluding hydrogens is 251 g/mol. The van der Waals surface area contributed by atoms with Crippen molar-refractivity contribution >= 4 is 22.7 Å². The van der Waals surface area contributed by atoms with Gasteiger partial charge in [0.25, 0.3) is 5.56 Å². The molecule has 0 aliphatic heterocycles. The summed E-state index contributed by atoms with van der Waals surface area (Å²) in [6.45, 7) is 1.78. The normalized spacial score (nSPS) is 12.9. The van der Waals surface area contributed by atoms with Gasteiger partial charge in [0, 0.05) is 6.07 Å². The Morgan fingerprint density at radius 2 is 2.29 bits per heavy atom. The van der Waals surface area contributed by atoms with Crippen LogP contribution in [0.5, 0.6) is 0 Å². The summed E-state index contributed by atoms with van der Waals surface area (Å²) in [5.74, 6) is -0.374. The minimum absolute atomic E-state index is 0.146. The molecule has 2 aromatic rings. The van der Waals surface area contributed by atoms with E-state index < -0.39 is 16.8 Å². The molecule has 2 rings (SSSR count). The predicted molar refractivity (Wildman–Crippen MR) is 60.0 cm³/mol. The second-order valence-corrected chi connectivity index (χ2v) is 3.76. The molecule has 2 heterocycles. The summed E-state index contributed by atoms with van der Waals surface area (Å²) >= 11 is 5.17. The number of alkyl halides is 2. The van der Waals surface area contributed by atoms with Crippen molar-refractivity contribution in [1.29, 1.82) is 0 Å². The van der Waals surface area contributed by atoms with Gasteiger partial charge in [-0.2, -0.15) is 4.98 Å². The quantitative estimate of drug-likeness (QED) is 0.831. The third-order valence-electron chi connectivity index (χ3n) is 2.30. The predicted octanol–water partition coefficient (Wildman–Crippen LogP) is 1.65. The average molecular weight is 259 g/mol. The first-order valence-corrected chi connectivity index (χ1v) is 5.31. The molecule has 0 saturated heterocycles. The van der Waals surface area contributed by atoms with Crippen LogP contribution in [0, 0.1) is 0 Å². The second-order valence-electron chi connectivity index (χ2n) is 3.38. The third kappa shape index (κ3) is 2.08. The van der Waals surface area contributed by atoms with Crippen molar-refractivity contribution in [2.45, 2.75) is 19.0 Å². The van der Waals surface area contributed by atoms with Crippen LogP contribution in [0.3, 0.4) is 0 Å². The van der Waals surface area contributed by atoms with Gasteiger partial charge < -0.3 is 9.40 Å². The van der Waals surface area contributed by atoms with Crippen LogP contribution in [0.1, 0.15) is 23.9 Å². The van der Waals surface area contributed by atoms with E-state index in [-0.39, 0.29) is 16.9 Å². The van der Waals surface area contributed by atoms with Gasteiger partial charge in [-0.25, -0.2) is 9.18 Å². The Morgan fingerprint density at radius 1 is 1.59 bits per heavy atom. The Balaban J connectivity index is 2.90. The van der Waals surface area contributed by atoms with Gasteiger partial charge in [0.2, 0.25) is 11.3 Å². The summed E-state index contributed by atoms with van der Waals surface area (Å²) in [4.78, 5) is 28.8. The van der Waals surface area contributed by atoms with Crippen molar-refractivity contribution in [3.63, 3.8) is 0 Å². The molecular formula is C10H8ClFN2O3. The Bertz CT molecular complexity index is 677. The van der Waals surface area contributed by atoms with Crippen molar-refractivity contribution in [2.75, 3.05) is 0 Å². The molecule has 0 aromatic carbocycles. The van der Waals surface area contributed by atoms with Crippen molar-refractivity contribution in [2.24, 2.45) is 0 Å². The molecule has 0 spiro atoms. The number of aromatic nitrogens is 2. The van der Waals surface area contributed by atoms with Crippen molar-refractivity contribution in [3.05, 3.63) is 38.2 Å². The van der Waals surface area contributed by atoms with Gasteiger partial charge in [0.15, 0.2) is 5.82 Å². The molecule has 0 fully saturated rings. The first kappa shape index (κ1) is 11.8. The molecule has 1 N–H and O–H groups in total. The Morgan fingerprint density at radius 3 is 2.88 bits per heavy atom. The molecule has 1 unspecified atom stereocenters. The molecule has 0 amide bonds. The summed E-state index contributed by atoms with van der Waals surface area (Å²) in [5, 5.41) is 0.146. The molecule has 2 aromatic heterocycles. The first-order valence-electron chi connectivity index (χ1n) is 4.88. The molecule has 17 heavy (non-hydrogen) atoms. The summed E-state index contributed by atoms with van der Waals surface area (Å²) in [7, 11) is 0. The molecule has 0 aliphatic carbocycles. The number of hydrogen-bond donors (Lipinski definition) is 1. The first-order chi connectivity index (χ1) is 8.02. The minimum Gasteiger partial charge on any atom is -0.403 e. The van der Waals surface area contributed by atoms with Gasteiger partial charge in [-0.15, -0.1) is 0 Å². The van der Waals surface area contributed by atoms with Gasteiger partial charge in [0.05, 0.1) is 0 Å². The summed E-state index contributed by atoms with van der Waals surface area (Å²) < 4.78 is 17.6. The van der Waals surface area contributed by atoms with Crippen molar-refractivity contribution in [1.82, 2.24) is 9.97 Å². The molecule has 1 atom stereocenters. The number of nitrogens with zero attached hydrogens (tertiary/aromatic N) is 1. The molecule has 0 radical (unpaired) electrons. The number of aromatic amines is 1. The monoisotopic (exact) mass is 258 g/mol. The van der Waals surface area contributed by atoms with E-state index in [4.69, 9.17) is 16.0 Å². The summed E-state index contributed by atoms with van der Waals surface area (Å²) in [6, 6.07) is 1.21. The van der Waals surface area contributed by atoms with E-state index in [2.05, 4.69) is 9.97 Å². The van der Waals surface area contributed by atoms with E-state index >= 15 is 0 Å². The number of nitrogens with one attached hydrogen (secondary N) is 1. The molecule has 0 bridgehead atoms. The summed E-state index contributed by atoms with van der Waals surface area (Å²) in [6.07, 6.45) is 0.464. The fourth-order valence-electron chi connectivity index (χ4n) is 1.55. The highest BCUT2D eigenvalue weighted by Crippen LogP contribution is 2.18. The fourth-order valence-corrected chi connectivity index (χ4v) is 1.65. The number of fused-ring (bicyclic) bond motifs is 1. The van der Waals surface area contributed by atoms with Crippen LogP contribution in [0.25, 0.3) is 11.1 Å². The third-order valence-corrected chi connectivity index (χ3v) is 2.51. The van der Waals surface area contributed by atoms with Crippen LogP contribution < -0.4 is 11.2 Å². The summed E-state index contributed by atoms with van der Waals surface area (Å²) in [5.41, 5.74) is -2.86. The number of hydrogen-bond acceptors (Lipinski definition) is 4. The lowest BCUT2D eigenvalue weighted by atomic mass is 10.1. The number of H-pyrrole nitrogens is 1. The average Bonchev–Trinajstić information content (AvgIpc) is 2.26. The zero-order valence-corrected chi connectivity index (χ0v) is 9.55. The van der Waals surface area contributed by atoms with E-state index in [0.717, 1.165) is 0 Å². The topological polar surface area (TPSA) is 76.0 Å². The highest BCUT2D eigenvalue weighted by molar-refractivity contribution is 6.19. The lowest BCUT2D eigenvalue weighted by Crippen LogP contribution is -2.16. The fraction of sp³-hybridized carbons (Fsp3) is 0.300. The van der Waals surface area contributed by atoms with Crippen LogP contribution in [-0.2, 0) is 6.42 Å². The molecule has 7 heteroatoms. The van der Waals surface area contributed by atoms with Gasteiger partial charge in [-0.3, -0.25) is 4.79 Å². The van der Waals surface area contributed by atoms with E-state index in [1.54, 1.807) is 6.92 Å². The minimum atomic E-state index is -1.96. The SMILES string of the molecule is CCc1cc(=O)oc2nc(C(F)Cl)[nH]c(=O)c12. The highest BCUT2D eigenvalue weighted by Gasteiger charge is 2.15. The van der Waals surface area contributed by atoms with Gasteiger partial charge in [0.1, 0.15) is 5.39 Å². The molecule has 5 nitrogen and oxygen atoms in total. The van der Waals surface area contributed by atoms with Crippen LogP contribution in [0.15, 0.2) is 20.1 Å². The zero-order valence-electron chi connectivity index (χ0n) is 8.79. The van der Waals surface area contributed by atoms with Gasteiger partial charge in [-0.05, 0) is 12.0 Å². The Hall–Kier alpha value is -1.69. The maximum absolute atomic E-state index is 12.8. The smallest absolute Gasteiger partial charge is 0.337 e. The van der Waals surface area contributed by atoms with Crippen molar-refractivity contribution in [3.8, 4) is 0 Å². The van der Waals surface area contributed by atoms with E-state index in [1.807, 2.05) is 0 Å². The van der Waals surface area contributed by atoms with Crippen LogP contribution >= 0.6 is 11.6 Å². The van der Waals surface area contributed by atoms with Crippen LogP contribution in [0.4, 0.5) is 4.39 Å². The van der Waals surface area contributed by atoms with Crippen molar-refractivity contribution < 1.29 is 8.81 Å². The van der Waals surface area contributed by atoms with E-state index in [0.29, 0.717) is 12.0 Å². The van der Waals surface area contributed by atoms with E-state index in [1.165, 1.54) is 6.07 Å². The van der Waals surface area contributed by atoms with Crippen LogP contribution in [0.2, 0.25) is 0 Å². The highest BCUT2D eigenvalue weighted by atomic mass is 35.5. The zero-order chi connectivity index (χ0) is 12.6. The largest absolute Gasteiger partial charge is 0.403 e. The Kier molecular flexibility index (Phi) is 2.97. The van der Waals surface area contributed by atoms with E-state index in [9.17, 15) is 14.0 Å². The van der Waals surface area contributed by atoms with Gasteiger partial charge in [-0.1, -0.05) is 18.5 Å². The maximum atomic E-state index is 12.8. The number of halogens is 2. The maximum Gasteiger partial charge on any atom is 0.337 e. The number of aryl methyl sites for hydroxylation is 1. The standard InChI is InChI=1S/C10H8ClFN2O3/c1-2-4-3-5(15)17-10-6(4)9(16)13-8(14-10)7(11)12/h3,7H,2H2,1H3,(H,13,14,16). The lowest BCUT2D eigenvalue weighted by molar-refractivity contribution is 0.437. The lowest BCUT2D eigenvalue weighted by Gasteiger charge is -2.03. The number of rotatable bonds is 2. The second kappa shape index (κ2) is 4.29. The van der Waals surface area contributed by atoms with Crippen LogP contribution in [-0.4, -0.2) is 9.97 Å². The molecule has 0 saturated carbocycles. The molecule has 90 valence electrons. The molecule has 0 aliphatic rings. The Labute approximate surface area is 99.2 Å². The van der Waals surface area contributed by atoms with Gasteiger partial charge >= 0.3 is 5.63 Å².